The topological polar surface area (TPSA) is 61.6 Å². The monoisotopic (exact) mass is 322 g/mol. The van der Waals surface area contributed by atoms with Crippen molar-refractivity contribution in [2.75, 3.05) is 32.7 Å². The Morgan fingerprint density at radius 1 is 1.26 bits per heavy atom. The van der Waals surface area contributed by atoms with E-state index in [1.165, 1.54) is 0 Å². The number of hydrogen-bond acceptors (Lipinski definition) is 4. The number of aliphatic hydroxyl groups is 1. The molecule has 6 heteroatoms. The van der Waals surface area contributed by atoms with E-state index in [-0.39, 0.29) is 17.4 Å². The Morgan fingerprint density at radius 3 is 2.52 bits per heavy atom. The van der Waals surface area contributed by atoms with Crippen molar-refractivity contribution < 1.29 is 9.90 Å². The van der Waals surface area contributed by atoms with Crippen molar-refractivity contribution in [3.05, 3.63) is 18.5 Å². The van der Waals surface area contributed by atoms with E-state index in [1.807, 2.05) is 21.8 Å². The van der Waals surface area contributed by atoms with E-state index < -0.39 is 0 Å². The van der Waals surface area contributed by atoms with Gasteiger partial charge in [0.1, 0.15) is 0 Å². The number of rotatable bonds is 6. The molecule has 1 aliphatic rings. The number of aliphatic hydroxyl groups excluding tert-OH is 1. The first kappa shape index (κ1) is 17.9. The first-order valence-corrected chi connectivity index (χ1v) is 8.52. The van der Waals surface area contributed by atoms with Gasteiger partial charge in [-0.15, -0.1) is 0 Å². The molecule has 0 aliphatic carbocycles. The van der Waals surface area contributed by atoms with Crippen LogP contribution in [0.4, 0.5) is 0 Å². The van der Waals surface area contributed by atoms with E-state index in [1.54, 1.807) is 6.20 Å². The molecule has 1 amide bonds. The lowest BCUT2D eigenvalue weighted by molar-refractivity contribution is -0.133. The van der Waals surface area contributed by atoms with E-state index >= 15 is 0 Å². The zero-order valence-electron chi connectivity index (χ0n) is 14.6. The van der Waals surface area contributed by atoms with E-state index in [4.69, 9.17) is 0 Å². The molecule has 1 atom stereocenters. The minimum atomic E-state index is -0.334. The third-order valence-electron chi connectivity index (χ3n) is 4.49. The smallest absolute Gasteiger partial charge is 0.222 e. The third-order valence-corrected chi connectivity index (χ3v) is 4.49. The summed E-state index contributed by atoms with van der Waals surface area (Å²) in [5, 5.41) is 14.3. The minimum absolute atomic E-state index is 0.0978. The van der Waals surface area contributed by atoms with Crippen LogP contribution in [0.3, 0.4) is 0 Å². The van der Waals surface area contributed by atoms with Crippen molar-refractivity contribution in [3.8, 4) is 0 Å². The number of β-amino-alcohol motifs (C(OH)–C–C–N with tert-alkyl or cyclic N) is 1. The second-order valence-electron chi connectivity index (χ2n) is 7.44. The highest BCUT2D eigenvalue weighted by Gasteiger charge is 2.27. The number of carbonyl (C=O) groups excluding carboxylic acids is 1. The summed E-state index contributed by atoms with van der Waals surface area (Å²) in [5.74, 6) is 0.230. The van der Waals surface area contributed by atoms with Crippen LogP contribution in [0.1, 0.15) is 33.6 Å². The molecular formula is C17H30N4O2. The zero-order valence-corrected chi connectivity index (χ0v) is 14.6. The molecule has 23 heavy (non-hydrogen) atoms. The summed E-state index contributed by atoms with van der Waals surface area (Å²) in [6.45, 7) is 10.8. The lowest BCUT2D eigenvalue weighted by Gasteiger charge is -2.38. The molecule has 1 aromatic rings. The summed E-state index contributed by atoms with van der Waals surface area (Å²) in [4.78, 5) is 16.4. The molecule has 1 saturated heterocycles. The number of hydrogen-bond donors (Lipinski definition) is 1. The largest absolute Gasteiger partial charge is 0.391 e. The van der Waals surface area contributed by atoms with Crippen LogP contribution in [0.2, 0.25) is 0 Å². The van der Waals surface area contributed by atoms with Gasteiger partial charge in [-0.2, -0.15) is 5.10 Å². The van der Waals surface area contributed by atoms with E-state index in [0.29, 0.717) is 13.0 Å². The Bertz CT molecular complexity index is 473. The fraction of sp³-hybridized carbons (Fsp3) is 0.765. The molecule has 0 radical (unpaired) electrons. The van der Waals surface area contributed by atoms with Crippen LogP contribution >= 0.6 is 0 Å². The molecular weight excluding hydrogens is 292 g/mol. The number of aromatic nitrogens is 2. The number of carbonyl (C=O) groups is 1. The Kier molecular flexibility index (Phi) is 6.18. The molecule has 2 rings (SSSR count). The second-order valence-corrected chi connectivity index (χ2v) is 7.44. The number of nitrogens with zero attached hydrogens (tertiary/aromatic N) is 4. The van der Waals surface area contributed by atoms with Crippen LogP contribution in [0.25, 0.3) is 0 Å². The van der Waals surface area contributed by atoms with Crippen molar-refractivity contribution in [1.29, 1.82) is 0 Å². The summed E-state index contributed by atoms with van der Waals surface area (Å²) in [5.41, 5.74) is -0.0978. The molecule has 1 N–H and O–H groups in total. The number of amides is 1. The lowest BCUT2D eigenvalue weighted by atomic mass is 9.89. The minimum Gasteiger partial charge on any atom is -0.391 e. The van der Waals surface area contributed by atoms with Gasteiger partial charge in [0.25, 0.3) is 0 Å². The highest BCUT2D eigenvalue weighted by atomic mass is 16.3. The Balaban J connectivity index is 1.66. The Labute approximate surface area is 139 Å². The normalized spacial score (nSPS) is 18.2. The van der Waals surface area contributed by atoms with Gasteiger partial charge in [0.2, 0.25) is 5.91 Å². The Hall–Kier alpha value is -1.40. The van der Waals surface area contributed by atoms with Crippen LogP contribution in [-0.4, -0.2) is 69.4 Å². The van der Waals surface area contributed by atoms with Crippen molar-refractivity contribution in [2.24, 2.45) is 5.41 Å². The predicted octanol–water partition coefficient (Wildman–Crippen LogP) is 1.21. The van der Waals surface area contributed by atoms with Gasteiger partial charge in [0, 0.05) is 58.1 Å². The predicted molar refractivity (Wildman–Crippen MR) is 89.9 cm³/mol. The maximum absolute atomic E-state index is 12.2. The molecule has 0 spiro atoms. The van der Waals surface area contributed by atoms with E-state index in [9.17, 15) is 9.90 Å². The molecule has 1 aliphatic heterocycles. The Morgan fingerprint density at radius 2 is 1.96 bits per heavy atom. The van der Waals surface area contributed by atoms with Crippen LogP contribution in [-0.2, 0) is 11.3 Å². The average Bonchev–Trinajstić information content (AvgIpc) is 3.00. The van der Waals surface area contributed by atoms with Gasteiger partial charge in [-0.3, -0.25) is 14.4 Å². The molecule has 2 heterocycles. The highest BCUT2D eigenvalue weighted by Crippen LogP contribution is 2.20. The molecule has 0 bridgehead atoms. The molecule has 0 aromatic carbocycles. The fourth-order valence-electron chi connectivity index (χ4n) is 2.68. The van der Waals surface area contributed by atoms with Gasteiger partial charge in [-0.05, 0) is 17.9 Å². The zero-order chi connectivity index (χ0) is 16.9. The molecule has 130 valence electrons. The lowest BCUT2D eigenvalue weighted by Crippen LogP contribution is -2.51. The highest BCUT2D eigenvalue weighted by molar-refractivity contribution is 5.76. The molecule has 1 aromatic heterocycles. The van der Waals surface area contributed by atoms with Crippen LogP contribution in [0, 0.1) is 5.41 Å². The van der Waals surface area contributed by atoms with Crippen molar-refractivity contribution in [3.63, 3.8) is 0 Å². The van der Waals surface area contributed by atoms with Gasteiger partial charge in [0.05, 0.1) is 6.10 Å². The third kappa shape index (κ3) is 5.62. The average molecular weight is 322 g/mol. The van der Waals surface area contributed by atoms with Gasteiger partial charge in [-0.1, -0.05) is 20.8 Å². The van der Waals surface area contributed by atoms with Gasteiger partial charge in [0.15, 0.2) is 0 Å². The summed E-state index contributed by atoms with van der Waals surface area (Å²) in [7, 11) is 0. The molecule has 1 fully saturated rings. The molecule has 0 unspecified atom stereocenters. The summed E-state index contributed by atoms with van der Waals surface area (Å²) in [6, 6.07) is 1.90. The SMILES string of the molecule is CC(C)(C)[C@@H](O)CN1CCN(C(=O)CCCn2cccn2)CC1. The second kappa shape index (κ2) is 7.93. The van der Waals surface area contributed by atoms with Crippen molar-refractivity contribution >= 4 is 5.91 Å². The van der Waals surface area contributed by atoms with E-state index in [0.717, 1.165) is 39.1 Å². The van der Waals surface area contributed by atoms with E-state index in [2.05, 4.69) is 30.8 Å². The van der Waals surface area contributed by atoms with Gasteiger partial charge in [-0.25, -0.2) is 0 Å². The van der Waals surface area contributed by atoms with Crippen LogP contribution < -0.4 is 0 Å². The van der Waals surface area contributed by atoms with Crippen LogP contribution in [0.5, 0.6) is 0 Å². The maximum Gasteiger partial charge on any atom is 0.222 e. The van der Waals surface area contributed by atoms with Crippen molar-refractivity contribution in [1.82, 2.24) is 19.6 Å². The number of aryl methyl sites for hydroxylation is 1. The summed E-state index contributed by atoms with van der Waals surface area (Å²) >= 11 is 0. The first-order chi connectivity index (χ1) is 10.9. The molecule has 0 saturated carbocycles. The van der Waals surface area contributed by atoms with Crippen molar-refractivity contribution in [2.45, 2.75) is 46.3 Å². The maximum atomic E-state index is 12.2. The molecule has 6 nitrogen and oxygen atoms in total. The summed E-state index contributed by atoms with van der Waals surface area (Å²) < 4.78 is 1.86. The number of piperazine rings is 1. The first-order valence-electron chi connectivity index (χ1n) is 8.52. The van der Waals surface area contributed by atoms with Crippen LogP contribution in [0.15, 0.2) is 18.5 Å². The van der Waals surface area contributed by atoms with Gasteiger partial charge >= 0.3 is 0 Å². The standard InChI is InChI=1S/C17H30N4O2/c1-17(2,3)15(22)14-19-10-12-20(13-11-19)16(23)6-4-8-21-9-5-7-18-21/h5,7,9,15,22H,4,6,8,10-14H2,1-3H3/t15-/m0/s1. The van der Waals surface area contributed by atoms with Gasteiger partial charge < -0.3 is 10.0 Å². The summed E-state index contributed by atoms with van der Waals surface area (Å²) in [6.07, 6.45) is 4.74. The fourth-order valence-corrected chi connectivity index (χ4v) is 2.68. The quantitative estimate of drug-likeness (QED) is 0.855.